The average Bonchev–Trinajstić information content (AvgIpc) is 1.78. The van der Waals surface area contributed by atoms with Crippen LogP contribution in [0.15, 0.2) is 0 Å². The van der Waals surface area contributed by atoms with Crippen molar-refractivity contribution in [3.63, 3.8) is 0 Å². The fourth-order valence-electron chi connectivity index (χ4n) is 0.549. The molecular weight excluding hydrogens is 173 g/mol. The highest BCUT2D eigenvalue weighted by Crippen LogP contribution is 2.20. The van der Waals surface area contributed by atoms with Crippen LogP contribution in [0.3, 0.4) is 0 Å². The predicted molar refractivity (Wildman–Crippen MR) is 38.7 cm³/mol. The van der Waals surface area contributed by atoms with Crippen LogP contribution in [-0.4, -0.2) is 21.8 Å². The number of hydrogen-bond acceptors (Lipinski definition) is 1. The van der Waals surface area contributed by atoms with E-state index in [4.69, 9.17) is 4.43 Å². The van der Waals surface area contributed by atoms with Crippen LogP contribution < -0.4 is 0 Å². The molecule has 67 valence electrons. The van der Waals surface area contributed by atoms with Gasteiger partial charge in [0.05, 0.1) is 0 Å². The zero-order valence-electron chi connectivity index (χ0n) is 6.66. The maximum atomic E-state index is 11.5. The van der Waals surface area contributed by atoms with Gasteiger partial charge < -0.3 is 4.43 Å². The second-order valence-electron chi connectivity index (χ2n) is 2.48. The van der Waals surface area contributed by atoms with Crippen LogP contribution in [0.2, 0.25) is 13.1 Å². The summed E-state index contributed by atoms with van der Waals surface area (Å²) in [6.07, 6.45) is -4.68. The smallest absolute Gasteiger partial charge is 0.389 e. The fourth-order valence-corrected chi connectivity index (χ4v) is 1.10. The van der Waals surface area contributed by atoms with Gasteiger partial charge in [-0.15, -0.1) is 0 Å². The minimum Gasteiger partial charge on any atom is -0.417 e. The Morgan fingerprint density at radius 2 is 1.82 bits per heavy atom. The first-order valence-corrected chi connectivity index (χ1v) is 5.82. The molecule has 0 heterocycles. The van der Waals surface area contributed by atoms with E-state index in [1.807, 2.05) is 13.1 Å². The summed E-state index contributed by atoms with van der Waals surface area (Å²) in [6, 6.07) is 0. The summed E-state index contributed by atoms with van der Waals surface area (Å²) >= 11 is 0. The molecule has 0 aromatic heterocycles. The maximum absolute atomic E-state index is 11.5. The third-order valence-corrected chi connectivity index (χ3v) is 1.78. The Morgan fingerprint density at radius 3 is 2.18 bits per heavy atom. The molecule has 1 nitrogen and oxygen atoms in total. The summed E-state index contributed by atoms with van der Waals surface area (Å²) in [5, 5.41) is 0. The Morgan fingerprint density at radius 1 is 1.27 bits per heavy atom. The van der Waals surface area contributed by atoms with E-state index >= 15 is 0 Å². The Hall–Kier alpha value is -0.0331. The molecule has 0 rings (SSSR count). The van der Waals surface area contributed by atoms with Gasteiger partial charge in [0, 0.05) is 13.0 Å². The molecule has 0 saturated heterocycles. The van der Waals surface area contributed by atoms with Crippen LogP contribution in [0.25, 0.3) is 0 Å². The molecule has 0 aliphatic rings. The molecule has 0 unspecified atom stereocenters. The molecule has 0 saturated carbocycles. The van der Waals surface area contributed by atoms with E-state index in [1.165, 1.54) is 0 Å². The quantitative estimate of drug-likeness (QED) is 0.483. The molecule has 0 aliphatic heterocycles. The number of rotatable bonds is 4. The van der Waals surface area contributed by atoms with Crippen LogP contribution in [-0.2, 0) is 4.43 Å². The van der Waals surface area contributed by atoms with E-state index in [1.54, 1.807) is 0 Å². The Labute approximate surface area is 66.3 Å². The van der Waals surface area contributed by atoms with Crippen molar-refractivity contribution in [3.8, 4) is 0 Å². The van der Waals surface area contributed by atoms with Crippen LogP contribution >= 0.6 is 0 Å². The number of halogens is 3. The van der Waals surface area contributed by atoms with Crippen molar-refractivity contribution >= 4 is 9.04 Å². The first-order valence-electron chi connectivity index (χ1n) is 3.41. The van der Waals surface area contributed by atoms with Crippen LogP contribution in [0.4, 0.5) is 13.2 Å². The molecule has 0 aromatic carbocycles. The second-order valence-corrected chi connectivity index (χ2v) is 4.58. The van der Waals surface area contributed by atoms with Crippen molar-refractivity contribution in [2.75, 3.05) is 6.61 Å². The minimum absolute atomic E-state index is 0.0827. The minimum atomic E-state index is -4.03. The standard InChI is InChI=1S/C6H12F3OSi/c1-11(2)10-5-3-4-6(7,8)9/h3-5H2,1-2H3. The molecule has 0 aliphatic carbocycles. The van der Waals surface area contributed by atoms with Crippen molar-refractivity contribution in [1.82, 2.24) is 0 Å². The molecule has 0 bridgehead atoms. The van der Waals surface area contributed by atoms with Crippen molar-refractivity contribution < 1.29 is 17.6 Å². The summed E-state index contributed by atoms with van der Waals surface area (Å²) in [5.41, 5.74) is 0. The van der Waals surface area contributed by atoms with Crippen molar-refractivity contribution in [1.29, 1.82) is 0 Å². The normalized spacial score (nSPS) is 12.5. The molecule has 0 aromatic rings. The zero-order valence-corrected chi connectivity index (χ0v) is 7.66. The van der Waals surface area contributed by atoms with E-state index in [2.05, 4.69) is 0 Å². The third-order valence-electron chi connectivity index (χ3n) is 0.995. The van der Waals surface area contributed by atoms with Gasteiger partial charge in [-0.25, -0.2) is 0 Å². The first-order chi connectivity index (χ1) is 4.92. The van der Waals surface area contributed by atoms with E-state index in [-0.39, 0.29) is 13.0 Å². The molecule has 0 atom stereocenters. The van der Waals surface area contributed by atoms with Gasteiger partial charge >= 0.3 is 6.18 Å². The molecule has 5 heteroatoms. The van der Waals surface area contributed by atoms with Crippen LogP contribution in [0.5, 0.6) is 0 Å². The van der Waals surface area contributed by atoms with Gasteiger partial charge in [0.2, 0.25) is 9.04 Å². The number of alkyl halides is 3. The molecule has 0 N–H and O–H groups in total. The van der Waals surface area contributed by atoms with Gasteiger partial charge in [0.25, 0.3) is 0 Å². The molecule has 0 amide bonds. The summed E-state index contributed by atoms with van der Waals surface area (Å²) in [7, 11) is -0.819. The number of hydrogen-bond donors (Lipinski definition) is 0. The summed E-state index contributed by atoms with van der Waals surface area (Å²) in [6.45, 7) is 4.04. The van der Waals surface area contributed by atoms with Gasteiger partial charge in [-0.3, -0.25) is 0 Å². The lowest BCUT2D eigenvalue weighted by Gasteiger charge is -2.07. The van der Waals surface area contributed by atoms with Gasteiger partial charge in [-0.2, -0.15) is 13.2 Å². The van der Waals surface area contributed by atoms with Crippen LogP contribution in [0.1, 0.15) is 12.8 Å². The molecule has 0 spiro atoms. The molecule has 11 heavy (non-hydrogen) atoms. The van der Waals surface area contributed by atoms with Crippen molar-refractivity contribution in [2.24, 2.45) is 0 Å². The van der Waals surface area contributed by atoms with Crippen molar-refractivity contribution in [3.05, 3.63) is 0 Å². The lowest BCUT2D eigenvalue weighted by atomic mass is 10.3. The summed E-state index contributed by atoms with van der Waals surface area (Å²) < 4.78 is 39.6. The van der Waals surface area contributed by atoms with E-state index in [0.717, 1.165) is 0 Å². The van der Waals surface area contributed by atoms with E-state index in [9.17, 15) is 13.2 Å². The second kappa shape index (κ2) is 4.77. The largest absolute Gasteiger partial charge is 0.417 e. The molecule has 0 fully saturated rings. The third kappa shape index (κ3) is 9.97. The first kappa shape index (κ1) is 11.0. The highest BCUT2D eigenvalue weighted by molar-refractivity contribution is 6.48. The Kier molecular flexibility index (Phi) is 4.75. The maximum Gasteiger partial charge on any atom is 0.389 e. The van der Waals surface area contributed by atoms with Gasteiger partial charge in [0.1, 0.15) is 0 Å². The topological polar surface area (TPSA) is 9.23 Å². The lowest BCUT2D eigenvalue weighted by Crippen LogP contribution is -2.12. The predicted octanol–water partition coefficient (Wildman–Crippen LogP) is 2.60. The zero-order chi connectivity index (χ0) is 8.91. The monoisotopic (exact) mass is 185 g/mol. The highest BCUT2D eigenvalue weighted by Gasteiger charge is 2.25. The van der Waals surface area contributed by atoms with E-state index < -0.39 is 21.6 Å². The molecule has 1 radical (unpaired) electrons. The SMILES string of the molecule is C[Si](C)OCCCC(F)(F)F. The van der Waals surface area contributed by atoms with Gasteiger partial charge in [-0.05, 0) is 19.5 Å². The highest BCUT2D eigenvalue weighted by atomic mass is 28.3. The lowest BCUT2D eigenvalue weighted by molar-refractivity contribution is -0.136. The fraction of sp³-hybridized carbons (Fsp3) is 1.00. The van der Waals surface area contributed by atoms with Crippen LogP contribution in [0, 0.1) is 0 Å². The Bertz CT molecular complexity index is 102. The summed E-state index contributed by atoms with van der Waals surface area (Å²) in [4.78, 5) is 0. The summed E-state index contributed by atoms with van der Waals surface area (Å²) in [5.74, 6) is 0. The molecular formula is C6H12F3OSi. The average molecular weight is 185 g/mol. The van der Waals surface area contributed by atoms with Gasteiger partial charge in [0.15, 0.2) is 0 Å². The van der Waals surface area contributed by atoms with Gasteiger partial charge in [-0.1, -0.05) is 0 Å². The Balaban J connectivity index is 3.15. The van der Waals surface area contributed by atoms with Crippen molar-refractivity contribution in [2.45, 2.75) is 32.1 Å². The van der Waals surface area contributed by atoms with E-state index in [0.29, 0.717) is 0 Å².